The van der Waals surface area contributed by atoms with E-state index in [4.69, 9.17) is 5.11 Å². The summed E-state index contributed by atoms with van der Waals surface area (Å²) in [5.41, 5.74) is 5.94. The number of hydrogen-bond acceptors (Lipinski definition) is 9. The van der Waals surface area contributed by atoms with Crippen molar-refractivity contribution >= 4 is 56.2 Å². The monoisotopic (exact) mass is 520 g/mol. The maximum absolute atomic E-state index is 13.5. The number of carbonyl (C=O) groups is 2. The number of aryl methyl sites for hydroxylation is 2. The Balaban J connectivity index is 1.48. The third-order valence-corrected chi connectivity index (χ3v) is 7.12. The Morgan fingerprint density at radius 3 is 2.39 bits per heavy atom. The number of anilines is 2. The summed E-state index contributed by atoms with van der Waals surface area (Å²) in [5, 5.41) is 21.6. The molecule has 1 aliphatic rings. The number of nitrogens with zero attached hydrogens (tertiary/aromatic N) is 5. The molecule has 0 aliphatic carbocycles. The lowest BCUT2D eigenvalue weighted by Crippen LogP contribution is -2.28. The lowest BCUT2D eigenvalue weighted by Gasteiger charge is -2.06. The minimum atomic E-state index is -1.02. The second-order valence-corrected chi connectivity index (χ2v) is 9.74. The van der Waals surface area contributed by atoms with Gasteiger partial charge in [0.2, 0.25) is 10.3 Å². The summed E-state index contributed by atoms with van der Waals surface area (Å²) in [4.78, 5) is 34.4. The van der Waals surface area contributed by atoms with Crippen LogP contribution in [0.4, 0.5) is 14.7 Å². The van der Waals surface area contributed by atoms with Gasteiger partial charge >= 0.3 is 11.9 Å². The Bertz CT molecular complexity index is 1520. The molecule has 36 heavy (non-hydrogen) atoms. The molecule has 9 nitrogen and oxygen atoms in total. The average Bonchev–Trinajstić information content (AvgIpc) is 3.56. The molecule has 180 valence electrons. The van der Waals surface area contributed by atoms with Crippen molar-refractivity contribution in [2.24, 2.45) is 10.2 Å². The number of thiazole rings is 2. The molecule has 0 unspecified atom stereocenters. The van der Waals surface area contributed by atoms with Crippen LogP contribution in [0.1, 0.15) is 26.5 Å². The van der Waals surface area contributed by atoms with Crippen LogP contribution in [0.3, 0.4) is 0 Å². The zero-order valence-corrected chi connectivity index (χ0v) is 20.5. The Labute approximate surface area is 212 Å². The van der Waals surface area contributed by atoms with E-state index >= 15 is 0 Å². The molecule has 1 aliphatic heterocycles. The van der Waals surface area contributed by atoms with Crippen molar-refractivity contribution < 1.29 is 19.1 Å². The molecule has 2 aromatic carbocycles. The molecule has 1 amide bonds. The van der Waals surface area contributed by atoms with Crippen LogP contribution in [-0.4, -0.2) is 38.4 Å². The highest BCUT2D eigenvalue weighted by Gasteiger charge is 2.36. The van der Waals surface area contributed by atoms with Crippen molar-refractivity contribution in [2.45, 2.75) is 13.8 Å². The molecular formula is C24H17FN6O3S2. The summed E-state index contributed by atoms with van der Waals surface area (Å²) in [6.07, 6.45) is 0. The Morgan fingerprint density at radius 2 is 1.75 bits per heavy atom. The van der Waals surface area contributed by atoms with Crippen LogP contribution < -0.4 is 10.4 Å². The number of hydrogen-bond donors (Lipinski definition) is 2. The largest absolute Gasteiger partial charge is 0.478 e. The first-order valence-corrected chi connectivity index (χ1v) is 12.3. The molecule has 0 fully saturated rings. The summed E-state index contributed by atoms with van der Waals surface area (Å²) in [6, 6.07) is 11.9. The minimum Gasteiger partial charge on any atom is -0.478 e. The first kappa shape index (κ1) is 23.5. The average molecular weight is 521 g/mol. The summed E-state index contributed by atoms with van der Waals surface area (Å²) in [6.45, 7) is 3.82. The SMILES string of the molecule is Cc1nc(N/N=C2\C(=O)N(c3nc(-c4ccc(C(=O)O)cc4)cs3)N=C2c2ccc(F)cc2)sc1C. The van der Waals surface area contributed by atoms with E-state index in [-0.39, 0.29) is 17.0 Å². The molecule has 2 aromatic heterocycles. The maximum atomic E-state index is 13.5. The normalized spacial score (nSPS) is 14.4. The first-order chi connectivity index (χ1) is 17.3. The zero-order chi connectivity index (χ0) is 25.4. The van der Waals surface area contributed by atoms with Gasteiger partial charge in [0, 0.05) is 21.4 Å². The van der Waals surface area contributed by atoms with Crippen LogP contribution in [0.5, 0.6) is 0 Å². The van der Waals surface area contributed by atoms with Crippen molar-refractivity contribution in [1.82, 2.24) is 9.97 Å². The van der Waals surface area contributed by atoms with Crippen LogP contribution in [0.2, 0.25) is 0 Å². The van der Waals surface area contributed by atoms with E-state index in [2.05, 4.69) is 25.6 Å². The van der Waals surface area contributed by atoms with E-state index < -0.39 is 17.7 Å². The fourth-order valence-electron chi connectivity index (χ4n) is 3.33. The lowest BCUT2D eigenvalue weighted by atomic mass is 10.1. The Kier molecular flexibility index (Phi) is 6.12. The van der Waals surface area contributed by atoms with Gasteiger partial charge in [-0.15, -0.1) is 22.7 Å². The van der Waals surface area contributed by atoms with Crippen LogP contribution in [0, 0.1) is 19.7 Å². The van der Waals surface area contributed by atoms with Gasteiger partial charge in [0.15, 0.2) is 5.71 Å². The van der Waals surface area contributed by atoms with E-state index in [0.717, 1.165) is 15.6 Å². The second-order valence-electron chi connectivity index (χ2n) is 7.70. The van der Waals surface area contributed by atoms with Crippen molar-refractivity contribution in [2.75, 3.05) is 10.4 Å². The molecule has 0 atom stereocenters. The number of rotatable bonds is 6. The predicted octanol–water partition coefficient (Wildman–Crippen LogP) is 4.94. The van der Waals surface area contributed by atoms with E-state index in [1.54, 1.807) is 17.5 Å². The number of benzene rings is 2. The van der Waals surface area contributed by atoms with Gasteiger partial charge in [-0.1, -0.05) is 12.1 Å². The van der Waals surface area contributed by atoms with Crippen LogP contribution >= 0.6 is 22.7 Å². The fraction of sp³-hybridized carbons (Fsp3) is 0.0833. The van der Waals surface area contributed by atoms with Crippen molar-refractivity contribution in [3.8, 4) is 11.3 Å². The standard InChI is InChI=1S/C24H17FN6O3S2/c1-12-13(2)36-23(26-12)29-28-20-19(15-7-9-17(25)10-8-15)30-31(21(20)32)24-27-18(11-35-24)14-3-5-16(6-4-14)22(33)34/h3-11H,1-2H3,(H,26,29)(H,33,34)/b28-20-. The van der Waals surface area contributed by atoms with Gasteiger partial charge in [-0.25, -0.2) is 19.2 Å². The number of hydrazone groups is 2. The molecule has 0 bridgehead atoms. The summed E-state index contributed by atoms with van der Waals surface area (Å²) >= 11 is 2.61. The van der Waals surface area contributed by atoms with Gasteiger partial charge in [-0.3, -0.25) is 10.2 Å². The number of aromatic carboxylic acids is 1. The molecule has 12 heteroatoms. The van der Waals surface area contributed by atoms with Gasteiger partial charge in [0.1, 0.15) is 11.5 Å². The highest BCUT2D eigenvalue weighted by atomic mass is 32.1. The lowest BCUT2D eigenvalue weighted by molar-refractivity contribution is -0.112. The van der Waals surface area contributed by atoms with E-state index in [9.17, 15) is 14.0 Å². The summed E-state index contributed by atoms with van der Waals surface area (Å²) in [5.74, 6) is -1.94. The topological polar surface area (TPSA) is 120 Å². The number of aromatic nitrogens is 2. The Morgan fingerprint density at radius 1 is 1.06 bits per heavy atom. The van der Waals surface area contributed by atoms with Gasteiger partial charge in [0.25, 0.3) is 0 Å². The number of halogens is 1. The fourth-order valence-corrected chi connectivity index (χ4v) is 4.87. The smallest absolute Gasteiger partial charge is 0.335 e. The van der Waals surface area contributed by atoms with Crippen LogP contribution in [-0.2, 0) is 4.79 Å². The summed E-state index contributed by atoms with van der Waals surface area (Å²) < 4.78 is 13.5. The molecular weight excluding hydrogens is 503 g/mol. The third kappa shape index (κ3) is 4.51. The third-order valence-electron chi connectivity index (χ3n) is 5.33. The first-order valence-electron chi connectivity index (χ1n) is 10.6. The highest BCUT2D eigenvalue weighted by molar-refractivity contribution is 7.15. The molecule has 0 saturated heterocycles. The quantitative estimate of drug-likeness (QED) is 0.348. The molecule has 4 aromatic rings. The van der Waals surface area contributed by atoms with Crippen LogP contribution in [0.25, 0.3) is 11.3 Å². The number of amides is 1. The predicted molar refractivity (Wildman–Crippen MR) is 138 cm³/mol. The second kappa shape index (κ2) is 9.40. The zero-order valence-electron chi connectivity index (χ0n) is 18.9. The van der Waals surface area contributed by atoms with Gasteiger partial charge in [-0.2, -0.15) is 15.2 Å². The molecule has 0 spiro atoms. The van der Waals surface area contributed by atoms with E-state index in [0.29, 0.717) is 27.1 Å². The van der Waals surface area contributed by atoms with Crippen molar-refractivity contribution in [1.29, 1.82) is 0 Å². The van der Waals surface area contributed by atoms with Gasteiger partial charge < -0.3 is 5.11 Å². The van der Waals surface area contributed by atoms with Crippen LogP contribution in [0.15, 0.2) is 64.1 Å². The van der Waals surface area contributed by atoms with Gasteiger partial charge in [0.05, 0.1) is 17.0 Å². The number of carbonyl (C=O) groups excluding carboxylic acids is 1. The molecule has 2 N–H and O–H groups in total. The molecule has 0 saturated carbocycles. The highest BCUT2D eigenvalue weighted by Crippen LogP contribution is 2.31. The van der Waals surface area contributed by atoms with Gasteiger partial charge in [-0.05, 0) is 50.2 Å². The minimum absolute atomic E-state index is 0.0367. The van der Waals surface area contributed by atoms with Crippen molar-refractivity contribution in [3.63, 3.8) is 0 Å². The molecule has 0 radical (unpaired) electrons. The molecule has 5 rings (SSSR count). The number of carboxylic acids is 1. The summed E-state index contributed by atoms with van der Waals surface area (Å²) in [7, 11) is 0. The van der Waals surface area contributed by atoms with E-state index in [1.807, 2.05) is 13.8 Å². The van der Waals surface area contributed by atoms with Crippen molar-refractivity contribution in [3.05, 3.63) is 81.4 Å². The number of nitrogens with one attached hydrogen (secondary N) is 1. The number of carboxylic acid groups (broad SMARTS) is 1. The molecule has 3 heterocycles. The van der Waals surface area contributed by atoms with E-state index in [1.165, 1.54) is 59.1 Å². The Hall–Kier alpha value is -4.29. The maximum Gasteiger partial charge on any atom is 0.335 e.